The number of nitrogens with zero attached hydrogens (tertiary/aromatic N) is 2. The van der Waals surface area contributed by atoms with Gasteiger partial charge in [0.1, 0.15) is 5.69 Å². The molecule has 0 aliphatic heterocycles. The maximum atomic E-state index is 13.4. The number of hydrogen-bond acceptors (Lipinski definition) is 3. The Morgan fingerprint density at radius 3 is 2.52 bits per heavy atom. The van der Waals surface area contributed by atoms with Crippen molar-refractivity contribution in [1.29, 1.82) is 0 Å². The quantitative estimate of drug-likeness (QED) is 0.825. The summed E-state index contributed by atoms with van der Waals surface area (Å²) in [6.07, 6.45) is 0.569. The van der Waals surface area contributed by atoms with Crippen molar-refractivity contribution in [3.05, 3.63) is 17.0 Å². The molecule has 1 fully saturated rings. The molecular weight excluding hydrogens is 308 g/mol. The van der Waals surface area contributed by atoms with Crippen LogP contribution in [0.1, 0.15) is 34.6 Å². The number of rotatable bonds is 4. The number of carbonyl (C=O) groups is 2. The standard InChI is InChI=1S/C12H14ClF2N3O3/c1-5-8(9(12(13,14)15)18(2)17-5)10(19)16-7-3-6(4-7)11(20)21/h6-7H,3-4H2,1-2H3,(H,16,19)(H,20,21). The lowest BCUT2D eigenvalue weighted by Crippen LogP contribution is -2.47. The van der Waals surface area contributed by atoms with Gasteiger partial charge in [-0.25, -0.2) is 0 Å². The van der Waals surface area contributed by atoms with Crippen molar-refractivity contribution in [3.63, 3.8) is 0 Å². The molecule has 1 heterocycles. The van der Waals surface area contributed by atoms with Crippen LogP contribution in [0.5, 0.6) is 0 Å². The van der Waals surface area contributed by atoms with E-state index in [4.69, 9.17) is 16.7 Å². The maximum absolute atomic E-state index is 13.4. The Balaban J connectivity index is 2.16. The average Bonchev–Trinajstić information content (AvgIpc) is 2.56. The van der Waals surface area contributed by atoms with Crippen LogP contribution in [-0.2, 0) is 17.2 Å². The van der Waals surface area contributed by atoms with Gasteiger partial charge in [0.25, 0.3) is 5.91 Å². The van der Waals surface area contributed by atoms with Gasteiger partial charge in [0.05, 0.1) is 17.2 Å². The van der Waals surface area contributed by atoms with Gasteiger partial charge in [-0.3, -0.25) is 14.3 Å². The fourth-order valence-corrected chi connectivity index (χ4v) is 2.67. The largest absolute Gasteiger partial charge is 0.481 e. The highest BCUT2D eigenvalue weighted by Gasteiger charge is 2.40. The van der Waals surface area contributed by atoms with Gasteiger partial charge in [0, 0.05) is 13.1 Å². The molecule has 2 rings (SSSR count). The highest BCUT2D eigenvalue weighted by molar-refractivity contribution is 6.22. The van der Waals surface area contributed by atoms with Crippen LogP contribution >= 0.6 is 11.6 Å². The second kappa shape index (κ2) is 5.25. The van der Waals surface area contributed by atoms with Crippen molar-refractivity contribution in [1.82, 2.24) is 15.1 Å². The van der Waals surface area contributed by atoms with E-state index >= 15 is 0 Å². The molecule has 2 N–H and O–H groups in total. The first-order valence-corrected chi connectivity index (χ1v) is 6.63. The molecule has 1 aromatic heterocycles. The number of aliphatic carboxylic acids is 1. The highest BCUT2D eigenvalue weighted by Crippen LogP contribution is 2.36. The second-order valence-electron chi connectivity index (χ2n) is 5.11. The lowest BCUT2D eigenvalue weighted by molar-refractivity contribution is -0.145. The van der Waals surface area contributed by atoms with Crippen LogP contribution in [-0.4, -0.2) is 32.8 Å². The van der Waals surface area contributed by atoms with Crippen molar-refractivity contribution < 1.29 is 23.5 Å². The van der Waals surface area contributed by atoms with Gasteiger partial charge in [-0.15, -0.1) is 0 Å². The molecule has 0 saturated heterocycles. The van der Waals surface area contributed by atoms with E-state index in [1.54, 1.807) is 0 Å². The van der Waals surface area contributed by atoms with Crippen molar-refractivity contribution in [3.8, 4) is 0 Å². The third kappa shape index (κ3) is 2.99. The fraction of sp³-hybridized carbons (Fsp3) is 0.583. The summed E-state index contributed by atoms with van der Waals surface area (Å²) in [5.41, 5.74) is -0.802. The summed E-state index contributed by atoms with van der Waals surface area (Å²) >= 11 is 5.02. The van der Waals surface area contributed by atoms with Crippen molar-refractivity contribution >= 4 is 23.5 Å². The predicted molar refractivity (Wildman–Crippen MR) is 69.3 cm³/mol. The Kier molecular flexibility index (Phi) is 3.92. The van der Waals surface area contributed by atoms with Crippen LogP contribution < -0.4 is 5.32 Å². The third-order valence-corrected chi connectivity index (χ3v) is 3.72. The summed E-state index contributed by atoms with van der Waals surface area (Å²) in [7, 11) is 1.28. The summed E-state index contributed by atoms with van der Waals surface area (Å²) in [4.78, 5) is 22.8. The Morgan fingerprint density at radius 1 is 1.48 bits per heavy atom. The SMILES string of the molecule is Cc1nn(C)c(C(F)(F)Cl)c1C(=O)NC1CC(C(=O)O)C1. The summed E-state index contributed by atoms with van der Waals surface area (Å²) < 4.78 is 27.7. The average molecular weight is 322 g/mol. The van der Waals surface area contributed by atoms with Crippen LogP contribution in [0.2, 0.25) is 0 Å². The Labute approximate surface area is 124 Å². The van der Waals surface area contributed by atoms with E-state index in [2.05, 4.69) is 10.4 Å². The zero-order valence-electron chi connectivity index (χ0n) is 11.4. The fourth-order valence-electron chi connectivity index (χ4n) is 2.45. The van der Waals surface area contributed by atoms with E-state index in [-0.39, 0.29) is 30.1 Å². The number of amides is 1. The molecule has 6 nitrogen and oxygen atoms in total. The van der Waals surface area contributed by atoms with Gasteiger partial charge < -0.3 is 10.4 Å². The molecular formula is C12H14ClF2N3O3. The van der Waals surface area contributed by atoms with E-state index in [9.17, 15) is 18.4 Å². The number of carboxylic acid groups (broad SMARTS) is 1. The van der Waals surface area contributed by atoms with E-state index in [0.29, 0.717) is 0 Å². The first-order chi connectivity index (χ1) is 9.61. The number of nitrogens with one attached hydrogen (secondary N) is 1. The highest BCUT2D eigenvalue weighted by atomic mass is 35.5. The predicted octanol–water partition coefficient (Wildman–Crippen LogP) is 1.61. The third-order valence-electron chi connectivity index (χ3n) is 3.54. The zero-order chi connectivity index (χ0) is 15.9. The lowest BCUT2D eigenvalue weighted by Gasteiger charge is -2.32. The number of halogens is 3. The zero-order valence-corrected chi connectivity index (χ0v) is 12.1. The van der Waals surface area contributed by atoms with Crippen LogP contribution in [0.15, 0.2) is 0 Å². The van der Waals surface area contributed by atoms with Gasteiger partial charge in [0.15, 0.2) is 0 Å². The smallest absolute Gasteiger partial charge is 0.365 e. The normalized spacial score (nSPS) is 21.8. The summed E-state index contributed by atoms with van der Waals surface area (Å²) in [6, 6.07) is -0.338. The van der Waals surface area contributed by atoms with Crippen LogP contribution in [0.4, 0.5) is 8.78 Å². The minimum Gasteiger partial charge on any atom is -0.481 e. The Morgan fingerprint density at radius 2 is 2.05 bits per heavy atom. The van der Waals surface area contributed by atoms with E-state index in [1.165, 1.54) is 14.0 Å². The molecule has 0 aromatic carbocycles. The number of hydrogen-bond donors (Lipinski definition) is 2. The van der Waals surface area contributed by atoms with Gasteiger partial charge in [0.2, 0.25) is 0 Å². The summed E-state index contributed by atoms with van der Waals surface area (Å²) in [5.74, 6) is -2.14. The molecule has 1 amide bonds. The van der Waals surface area contributed by atoms with Gasteiger partial charge >= 0.3 is 11.4 Å². The number of carbonyl (C=O) groups excluding carboxylic acids is 1. The topological polar surface area (TPSA) is 84.2 Å². The number of aryl methyl sites for hydroxylation is 2. The number of aromatic nitrogens is 2. The summed E-state index contributed by atoms with van der Waals surface area (Å²) in [6.45, 7) is 1.43. The lowest BCUT2D eigenvalue weighted by atomic mass is 9.80. The van der Waals surface area contributed by atoms with E-state index < -0.39 is 28.9 Å². The first kappa shape index (κ1) is 15.7. The van der Waals surface area contributed by atoms with E-state index in [0.717, 1.165) is 4.68 Å². The van der Waals surface area contributed by atoms with Crippen molar-refractivity contribution in [2.45, 2.75) is 31.2 Å². The Bertz CT molecular complexity index is 591. The van der Waals surface area contributed by atoms with Crippen molar-refractivity contribution in [2.24, 2.45) is 13.0 Å². The van der Waals surface area contributed by atoms with Crippen LogP contribution in [0.25, 0.3) is 0 Å². The monoisotopic (exact) mass is 321 g/mol. The van der Waals surface area contributed by atoms with Gasteiger partial charge in [-0.05, 0) is 31.4 Å². The molecule has 1 aliphatic carbocycles. The molecule has 1 aliphatic rings. The minimum atomic E-state index is -3.72. The molecule has 116 valence electrons. The van der Waals surface area contributed by atoms with Gasteiger partial charge in [-0.2, -0.15) is 13.9 Å². The molecule has 0 spiro atoms. The molecule has 21 heavy (non-hydrogen) atoms. The summed E-state index contributed by atoms with van der Waals surface area (Å²) in [5, 5.41) is 11.4. The Hall–Kier alpha value is -1.70. The molecule has 0 unspecified atom stereocenters. The number of alkyl halides is 3. The van der Waals surface area contributed by atoms with Crippen LogP contribution in [0.3, 0.4) is 0 Å². The maximum Gasteiger partial charge on any atom is 0.365 e. The molecule has 0 bridgehead atoms. The molecule has 9 heteroatoms. The molecule has 0 atom stereocenters. The molecule has 1 aromatic rings. The van der Waals surface area contributed by atoms with E-state index in [1.807, 2.05) is 0 Å². The van der Waals surface area contributed by atoms with Crippen LogP contribution in [0, 0.1) is 12.8 Å². The molecule has 1 saturated carbocycles. The molecule has 0 radical (unpaired) electrons. The van der Waals surface area contributed by atoms with Gasteiger partial charge in [-0.1, -0.05) is 0 Å². The first-order valence-electron chi connectivity index (χ1n) is 6.25. The minimum absolute atomic E-state index is 0.138. The number of carboxylic acids is 1. The van der Waals surface area contributed by atoms with Crippen molar-refractivity contribution in [2.75, 3.05) is 0 Å². The second-order valence-corrected chi connectivity index (χ2v) is 5.58.